The summed E-state index contributed by atoms with van der Waals surface area (Å²) in [7, 11) is 0. The Balaban J connectivity index is 0.00000364. The highest BCUT2D eigenvalue weighted by Gasteiger charge is 2.20. The van der Waals surface area contributed by atoms with Crippen molar-refractivity contribution in [3.8, 4) is 0 Å². The maximum atomic E-state index is 12.6. The molecule has 0 aliphatic rings. The van der Waals surface area contributed by atoms with E-state index in [0.717, 1.165) is 5.56 Å². The van der Waals surface area contributed by atoms with Gasteiger partial charge in [-0.2, -0.15) is 0 Å². The summed E-state index contributed by atoms with van der Waals surface area (Å²) in [5.74, 6) is 0.0992. The lowest BCUT2D eigenvalue weighted by molar-refractivity contribution is -0.116. The summed E-state index contributed by atoms with van der Waals surface area (Å²) in [4.78, 5) is 24.9. The van der Waals surface area contributed by atoms with E-state index < -0.39 is 0 Å². The van der Waals surface area contributed by atoms with E-state index in [1.54, 1.807) is 24.3 Å². The molecule has 27 heavy (non-hydrogen) atoms. The molecule has 6 heteroatoms. The molecule has 2 aromatic rings. The Kier molecular flexibility index (Phi) is 9.54. The Morgan fingerprint density at radius 1 is 1.00 bits per heavy atom. The molecule has 0 aliphatic carbocycles. The lowest BCUT2D eigenvalue weighted by atomic mass is 9.85. The summed E-state index contributed by atoms with van der Waals surface area (Å²) in [5, 5.41) is 5.62. The maximum absolute atomic E-state index is 12.6. The molecule has 2 aromatic carbocycles. The van der Waals surface area contributed by atoms with Gasteiger partial charge >= 0.3 is 0 Å². The number of halogens is 1. The lowest BCUT2D eigenvalue weighted by Gasteiger charge is -2.21. The summed E-state index contributed by atoms with van der Waals surface area (Å²) in [6.07, 6.45) is 0.362. The highest BCUT2D eigenvalue weighted by Crippen LogP contribution is 2.28. The van der Waals surface area contributed by atoms with Gasteiger partial charge in [0, 0.05) is 19.5 Å². The number of benzene rings is 2. The van der Waals surface area contributed by atoms with Crippen LogP contribution in [0.15, 0.2) is 54.6 Å². The second-order valence-corrected chi connectivity index (χ2v) is 6.60. The molecule has 0 aliphatic heterocycles. The van der Waals surface area contributed by atoms with Crippen molar-refractivity contribution in [2.24, 2.45) is 11.7 Å². The van der Waals surface area contributed by atoms with E-state index in [4.69, 9.17) is 5.73 Å². The van der Waals surface area contributed by atoms with Crippen LogP contribution in [0, 0.1) is 5.92 Å². The van der Waals surface area contributed by atoms with Crippen LogP contribution in [-0.2, 0) is 4.79 Å². The predicted molar refractivity (Wildman–Crippen MR) is 112 cm³/mol. The number of para-hydroxylation sites is 1. The number of hydrogen-bond acceptors (Lipinski definition) is 3. The van der Waals surface area contributed by atoms with Crippen molar-refractivity contribution in [3.63, 3.8) is 0 Å². The quantitative estimate of drug-likeness (QED) is 0.645. The SMILES string of the molecule is CC(C)C(CC(=O)Nc1ccccc1C(=O)NCCN)c1ccccc1.Cl. The van der Waals surface area contributed by atoms with Gasteiger partial charge in [-0.1, -0.05) is 56.3 Å². The highest BCUT2D eigenvalue weighted by atomic mass is 35.5. The largest absolute Gasteiger partial charge is 0.351 e. The van der Waals surface area contributed by atoms with Gasteiger partial charge in [0.1, 0.15) is 0 Å². The monoisotopic (exact) mass is 389 g/mol. The molecule has 146 valence electrons. The zero-order chi connectivity index (χ0) is 18.9. The van der Waals surface area contributed by atoms with Crippen molar-refractivity contribution in [1.29, 1.82) is 0 Å². The van der Waals surface area contributed by atoms with E-state index in [1.165, 1.54) is 0 Å². The van der Waals surface area contributed by atoms with Crippen LogP contribution in [0.2, 0.25) is 0 Å². The van der Waals surface area contributed by atoms with Gasteiger partial charge in [-0.15, -0.1) is 12.4 Å². The smallest absolute Gasteiger partial charge is 0.253 e. The summed E-state index contributed by atoms with van der Waals surface area (Å²) >= 11 is 0. The Hall–Kier alpha value is -2.37. The van der Waals surface area contributed by atoms with E-state index in [2.05, 4.69) is 24.5 Å². The molecule has 0 spiro atoms. The van der Waals surface area contributed by atoms with Crippen molar-refractivity contribution >= 4 is 29.9 Å². The molecule has 0 aromatic heterocycles. The summed E-state index contributed by atoms with van der Waals surface area (Å²) in [5.41, 5.74) is 7.53. The first-order valence-corrected chi connectivity index (χ1v) is 8.95. The number of anilines is 1. The molecule has 0 saturated heterocycles. The maximum Gasteiger partial charge on any atom is 0.253 e. The van der Waals surface area contributed by atoms with Crippen LogP contribution in [0.1, 0.15) is 42.1 Å². The Bertz CT molecular complexity index is 735. The fourth-order valence-electron chi connectivity index (χ4n) is 2.91. The minimum absolute atomic E-state index is 0. The minimum Gasteiger partial charge on any atom is -0.351 e. The number of hydrogen-bond donors (Lipinski definition) is 3. The molecule has 0 saturated carbocycles. The third-order valence-corrected chi connectivity index (χ3v) is 4.31. The van der Waals surface area contributed by atoms with Gasteiger partial charge in [-0.05, 0) is 29.5 Å². The Morgan fingerprint density at radius 3 is 2.26 bits per heavy atom. The topological polar surface area (TPSA) is 84.2 Å². The first-order valence-electron chi connectivity index (χ1n) is 8.95. The summed E-state index contributed by atoms with van der Waals surface area (Å²) < 4.78 is 0. The molecule has 0 bridgehead atoms. The first-order chi connectivity index (χ1) is 12.5. The summed E-state index contributed by atoms with van der Waals surface area (Å²) in [6.45, 7) is 4.98. The van der Waals surface area contributed by atoms with Crippen molar-refractivity contribution in [3.05, 3.63) is 65.7 Å². The molecule has 0 fully saturated rings. The van der Waals surface area contributed by atoms with Gasteiger partial charge in [-0.25, -0.2) is 0 Å². The molecule has 0 heterocycles. The highest BCUT2D eigenvalue weighted by molar-refractivity contribution is 6.03. The molecule has 2 amide bonds. The zero-order valence-electron chi connectivity index (χ0n) is 15.8. The number of rotatable bonds is 8. The van der Waals surface area contributed by atoms with Gasteiger partial charge < -0.3 is 16.4 Å². The predicted octanol–water partition coefficient (Wildman–Crippen LogP) is 3.57. The molecule has 5 nitrogen and oxygen atoms in total. The third-order valence-electron chi connectivity index (χ3n) is 4.31. The Labute approximate surface area is 167 Å². The molecular formula is C21H28ClN3O2. The summed E-state index contributed by atoms with van der Waals surface area (Å²) in [6, 6.07) is 17.0. The van der Waals surface area contributed by atoms with E-state index in [-0.39, 0.29) is 30.1 Å². The number of amides is 2. The van der Waals surface area contributed by atoms with Gasteiger partial charge in [0.2, 0.25) is 5.91 Å². The van der Waals surface area contributed by atoms with E-state index in [9.17, 15) is 9.59 Å². The molecular weight excluding hydrogens is 362 g/mol. The number of nitrogens with one attached hydrogen (secondary N) is 2. The number of carbonyl (C=O) groups is 2. The van der Waals surface area contributed by atoms with Crippen molar-refractivity contribution < 1.29 is 9.59 Å². The van der Waals surface area contributed by atoms with Crippen molar-refractivity contribution in [2.75, 3.05) is 18.4 Å². The van der Waals surface area contributed by atoms with Crippen LogP contribution in [0.5, 0.6) is 0 Å². The second kappa shape index (κ2) is 11.4. The fraction of sp³-hybridized carbons (Fsp3) is 0.333. The van der Waals surface area contributed by atoms with Crippen molar-refractivity contribution in [2.45, 2.75) is 26.2 Å². The average Bonchev–Trinajstić information content (AvgIpc) is 2.65. The van der Waals surface area contributed by atoms with Crippen LogP contribution in [0.25, 0.3) is 0 Å². The molecule has 1 atom stereocenters. The molecule has 2 rings (SSSR count). The standard InChI is InChI=1S/C21H27N3O2.ClH/c1-15(2)18(16-8-4-3-5-9-16)14-20(25)24-19-11-7-6-10-17(19)21(26)23-13-12-22;/h3-11,15,18H,12-14,22H2,1-2H3,(H,23,26)(H,24,25);1H. The average molecular weight is 390 g/mol. The molecule has 0 radical (unpaired) electrons. The second-order valence-electron chi connectivity index (χ2n) is 6.60. The van der Waals surface area contributed by atoms with Gasteiger partial charge in [0.25, 0.3) is 5.91 Å². The molecule has 1 unspecified atom stereocenters. The van der Waals surface area contributed by atoms with Crippen LogP contribution < -0.4 is 16.4 Å². The fourth-order valence-corrected chi connectivity index (χ4v) is 2.91. The van der Waals surface area contributed by atoms with Gasteiger partial charge in [0.15, 0.2) is 0 Å². The lowest BCUT2D eigenvalue weighted by Crippen LogP contribution is -2.30. The minimum atomic E-state index is -0.241. The van der Waals surface area contributed by atoms with Crippen molar-refractivity contribution in [1.82, 2.24) is 5.32 Å². The number of carbonyl (C=O) groups excluding carboxylic acids is 2. The third kappa shape index (κ3) is 6.70. The van der Waals surface area contributed by atoms with Gasteiger partial charge in [-0.3, -0.25) is 9.59 Å². The van der Waals surface area contributed by atoms with E-state index in [0.29, 0.717) is 36.7 Å². The van der Waals surface area contributed by atoms with Crippen LogP contribution >= 0.6 is 12.4 Å². The van der Waals surface area contributed by atoms with Crippen LogP contribution in [0.4, 0.5) is 5.69 Å². The van der Waals surface area contributed by atoms with Gasteiger partial charge in [0.05, 0.1) is 11.3 Å². The Morgan fingerprint density at radius 2 is 1.63 bits per heavy atom. The number of nitrogens with two attached hydrogens (primary N) is 1. The normalized spacial score (nSPS) is 11.4. The first kappa shape index (κ1) is 22.7. The van der Waals surface area contributed by atoms with E-state index in [1.807, 2.05) is 30.3 Å². The van der Waals surface area contributed by atoms with Crippen LogP contribution in [0.3, 0.4) is 0 Å². The molecule has 4 N–H and O–H groups in total. The van der Waals surface area contributed by atoms with E-state index >= 15 is 0 Å². The van der Waals surface area contributed by atoms with Crippen LogP contribution in [-0.4, -0.2) is 24.9 Å². The zero-order valence-corrected chi connectivity index (χ0v) is 16.6.